The number of rotatable bonds is 4. The first kappa shape index (κ1) is 16.4. The Labute approximate surface area is 133 Å². The van der Waals surface area contributed by atoms with E-state index in [-0.39, 0.29) is 12.4 Å². The fourth-order valence-corrected chi connectivity index (χ4v) is 3.50. The van der Waals surface area contributed by atoms with Crippen molar-refractivity contribution < 1.29 is 9.47 Å². The molecule has 0 spiro atoms. The standard InChI is InChI=1S/C16H24N2O2.ClH/c1-19-15-4-3-12(9-16(15)20-2)10-18-8-6-14-13(11-18)5-7-17-14;/h3-4,9,13-14,17H,5-8,10-11H2,1-2H3;1H. The first-order valence-electron chi connectivity index (χ1n) is 7.47. The molecule has 0 amide bonds. The fourth-order valence-electron chi connectivity index (χ4n) is 3.50. The summed E-state index contributed by atoms with van der Waals surface area (Å²) in [5.41, 5.74) is 1.30. The summed E-state index contributed by atoms with van der Waals surface area (Å²) in [7, 11) is 3.37. The number of nitrogens with zero attached hydrogens (tertiary/aromatic N) is 1. The van der Waals surface area contributed by atoms with E-state index in [0.29, 0.717) is 0 Å². The molecule has 118 valence electrons. The second kappa shape index (κ2) is 7.34. The topological polar surface area (TPSA) is 33.7 Å². The minimum atomic E-state index is 0. The van der Waals surface area contributed by atoms with E-state index in [4.69, 9.17) is 9.47 Å². The van der Waals surface area contributed by atoms with Gasteiger partial charge in [-0.25, -0.2) is 0 Å². The fraction of sp³-hybridized carbons (Fsp3) is 0.625. The van der Waals surface area contributed by atoms with Gasteiger partial charge in [-0.15, -0.1) is 12.4 Å². The quantitative estimate of drug-likeness (QED) is 0.925. The highest BCUT2D eigenvalue weighted by atomic mass is 35.5. The zero-order valence-electron chi connectivity index (χ0n) is 12.8. The van der Waals surface area contributed by atoms with Crippen LogP contribution in [0.1, 0.15) is 18.4 Å². The molecule has 3 rings (SSSR count). The molecule has 0 radical (unpaired) electrons. The van der Waals surface area contributed by atoms with E-state index < -0.39 is 0 Å². The van der Waals surface area contributed by atoms with Gasteiger partial charge in [-0.3, -0.25) is 4.90 Å². The molecule has 1 N–H and O–H groups in total. The second-order valence-corrected chi connectivity index (χ2v) is 5.82. The number of hydrogen-bond acceptors (Lipinski definition) is 4. The minimum absolute atomic E-state index is 0. The Kier molecular flexibility index (Phi) is 5.73. The average Bonchev–Trinajstić information content (AvgIpc) is 2.94. The number of halogens is 1. The smallest absolute Gasteiger partial charge is 0.161 e. The van der Waals surface area contributed by atoms with Crippen molar-refractivity contribution in [1.29, 1.82) is 0 Å². The number of ether oxygens (including phenoxy) is 2. The van der Waals surface area contributed by atoms with Crippen LogP contribution in [0.5, 0.6) is 11.5 Å². The first-order valence-corrected chi connectivity index (χ1v) is 7.47. The molecule has 0 aromatic heterocycles. The predicted molar refractivity (Wildman–Crippen MR) is 86.6 cm³/mol. The maximum Gasteiger partial charge on any atom is 0.161 e. The summed E-state index contributed by atoms with van der Waals surface area (Å²) in [6.07, 6.45) is 2.60. The SMILES string of the molecule is COc1ccc(CN2CCC3NCCC3C2)cc1OC.Cl. The third kappa shape index (κ3) is 3.62. The van der Waals surface area contributed by atoms with Gasteiger partial charge in [-0.2, -0.15) is 0 Å². The molecule has 0 aliphatic carbocycles. The number of hydrogen-bond donors (Lipinski definition) is 1. The summed E-state index contributed by atoms with van der Waals surface area (Å²) >= 11 is 0. The number of benzene rings is 1. The summed E-state index contributed by atoms with van der Waals surface area (Å²) in [6.45, 7) is 4.59. The number of likely N-dealkylation sites (tertiary alicyclic amines) is 1. The monoisotopic (exact) mass is 312 g/mol. The lowest BCUT2D eigenvalue weighted by molar-refractivity contribution is 0.156. The average molecular weight is 313 g/mol. The molecule has 21 heavy (non-hydrogen) atoms. The molecule has 2 atom stereocenters. The van der Waals surface area contributed by atoms with E-state index in [1.807, 2.05) is 6.07 Å². The van der Waals surface area contributed by atoms with Gasteiger partial charge in [0.05, 0.1) is 14.2 Å². The van der Waals surface area contributed by atoms with Crippen LogP contribution in [-0.4, -0.2) is 44.8 Å². The van der Waals surface area contributed by atoms with Crippen molar-refractivity contribution >= 4 is 12.4 Å². The second-order valence-electron chi connectivity index (χ2n) is 5.82. The van der Waals surface area contributed by atoms with Crippen molar-refractivity contribution in [2.75, 3.05) is 33.9 Å². The van der Waals surface area contributed by atoms with Gasteiger partial charge in [0.1, 0.15) is 0 Å². The highest BCUT2D eigenvalue weighted by molar-refractivity contribution is 5.85. The maximum atomic E-state index is 5.38. The van der Waals surface area contributed by atoms with E-state index >= 15 is 0 Å². The molecule has 1 aromatic carbocycles. The highest BCUT2D eigenvalue weighted by Crippen LogP contribution is 2.30. The van der Waals surface area contributed by atoms with Gasteiger partial charge in [0.2, 0.25) is 0 Å². The molecule has 4 nitrogen and oxygen atoms in total. The zero-order chi connectivity index (χ0) is 13.9. The lowest BCUT2D eigenvalue weighted by Gasteiger charge is -2.34. The molecule has 0 bridgehead atoms. The molecular weight excluding hydrogens is 288 g/mol. The minimum Gasteiger partial charge on any atom is -0.493 e. The molecule has 2 unspecified atom stereocenters. The highest BCUT2D eigenvalue weighted by Gasteiger charge is 2.32. The Morgan fingerprint density at radius 2 is 2.00 bits per heavy atom. The van der Waals surface area contributed by atoms with E-state index in [1.54, 1.807) is 14.2 Å². The van der Waals surface area contributed by atoms with Crippen molar-refractivity contribution in [2.45, 2.75) is 25.4 Å². The van der Waals surface area contributed by atoms with Crippen LogP contribution in [0.4, 0.5) is 0 Å². The Balaban J connectivity index is 0.00000161. The van der Waals surface area contributed by atoms with Crippen LogP contribution in [0.15, 0.2) is 18.2 Å². The third-order valence-electron chi connectivity index (χ3n) is 4.59. The van der Waals surface area contributed by atoms with Crippen LogP contribution in [0.3, 0.4) is 0 Å². The van der Waals surface area contributed by atoms with E-state index in [2.05, 4.69) is 22.3 Å². The maximum absolute atomic E-state index is 5.38. The van der Waals surface area contributed by atoms with Crippen LogP contribution in [-0.2, 0) is 6.54 Å². The van der Waals surface area contributed by atoms with Crippen LogP contribution < -0.4 is 14.8 Å². The molecular formula is C16H25ClN2O2. The van der Waals surface area contributed by atoms with Crippen LogP contribution in [0.25, 0.3) is 0 Å². The van der Waals surface area contributed by atoms with Crippen LogP contribution >= 0.6 is 12.4 Å². The zero-order valence-corrected chi connectivity index (χ0v) is 13.6. The van der Waals surface area contributed by atoms with E-state index in [1.165, 1.54) is 38.0 Å². The number of piperidine rings is 1. The lowest BCUT2D eigenvalue weighted by Crippen LogP contribution is -2.43. The summed E-state index contributed by atoms with van der Waals surface area (Å²) in [5.74, 6) is 2.46. The van der Waals surface area contributed by atoms with Crippen LogP contribution in [0.2, 0.25) is 0 Å². The van der Waals surface area contributed by atoms with Gasteiger partial charge in [-0.1, -0.05) is 6.07 Å². The Morgan fingerprint density at radius 1 is 1.19 bits per heavy atom. The van der Waals surface area contributed by atoms with Gasteiger partial charge >= 0.3 is 0 Å². The van der Waals surface area contributed by atoms with Crippen molar-refractivity contribution in [2.24, 2.45) is 5.92 Å². The van der Waals surface area contributed by atoms with Crippen LogP contribution in [0, 0.1) is 5.92 Å². The van der Waals surface area contributed by atoms with Gasteiger partial charge in [0.15, 0.2) is 11.5 Å². The summed E-state index contributed by atoms with van der Waals surface area (Å²) in [5, 5.41) is 3.61. The Hall–Kier alpha value is -0.970. The number of nitrogens with one attached hydrogen (secondary N) is 1. The summed E-state index contributed by atoms with van der Waals surface area (Å²) in [4.78, 5) is 2.56. The molecule has 1 aromatic rings. The van der Waals surface area contributed by atoms with E-state index in [0.717, 1.165) is 30.0 Å². The van der Waals surface area contributed by atoms with Gasteiger partial charge in [0.25, 0.3) is 0 Å². The first-order chi connectivity index (χ1) is 9.80. The van der Waals surface area contributed by atoms with E-state index in [9.17, 15) is 0 Å². The molecule has 2 aliphatic rings. The molecule has 5 heteroatoms. The molecule has 2 heterocycles. The summed E-state index contributed by atoms with van der Waals surface area (Å²) in [6, 6.07) is 6.99. The third-order valence-corrected chi connectivity index (χ3v) is 4.59. The van der Waals surface area contributed by atoms with Crippen molar-refractivity contribution in [1.82, 2.24) is 10.2 Å². The largest absolute Gasteiger partial charge is 0.493 e. The van der Waals surface area contributed by atoms with Crippen molar-refractivity contribution in [3.05, 3.63) is 23.8 Å². The Bertz CT molecular complexity index is 470. The van der Waals surface area contributed by atoms with Gasteiger partial charge < -0.3 is 14.8 Å². The Morgan fingerprint density at radius 3 is 2.76 bits per heavy atom. The molecule has 2 aliphatic heterocycles. The normalized spacial score (nSPS) is 25.0. The summed E-state index contributed by atoms with van der Waals surface area (Å²) < 4.78 is 10.7. The lowest BCUT2D eigenvalue weighted by atomic mass is 9.93. The number of fused-ring (bicyclic) bond motifs is 1. The predicted octanol–water partition coefficient (Wildman–Crippen LogP) is 2.31. The number of methoxy groups -OCH3 is 2. The van der Waals surface area contributed by atoms with Crippen molar-refractivity contribution in [3.8, 4) is 11.5 Å². The molecule has 2 saturated heterocycles. The van der Waals surface area contributed by atoms with Gasteiger partial charge in [-0.05, 0) is 49.5 Å². The molecule has 0 saturated carbocycles. The van der Waals surface area contributed by atoms with Crippen molar-refractivity contribution in [3.63, 3.8) is 0 Å². The van der Waals surface area contributed by atoms with Gasteiger partial charge in [0, 0.05) is 19.1 Å². The molecule has 2 fully saturated rings.